The highest BCUT2D eigenvalue weighted by atomic mass is 79.9. The highest BCUT2D eigenvalue weighted by Gasteiger charge is 2.38. The number of nitrogens with zero attached hydrogens (tertiary/aromatic N) is 3. The van der Waals surface area contributed by atoms with Crippen LogP contribution in [0.1, 0.15) is 46.2 Å². The molecule has 11 heteroatoms. The van der Waals surface area contributed by atoms with E-state index in [0.717, 1.165) is 23.7 Å². The van der Waals surface area contributed by atoms with Gasteiger partial charge in [-0.1, -0.05) is 22.0 Å². The molecule has 0 bridgehead atoms. The van der Waals surface area contributed by atoms with Crippen molar-refractivity contribution in [3.8, 4) is 16.9 Å². The van der Waals surface area contributed by atoms with E-state index in [0.29, 0.717) is 16.6 Å². The first-order chi connectivity index (χ1) is 16.1. The molecule has 4 rings (SSSR count). The minimum atomic E-state index is -4.65. The third-order valence-corrected chi connectivity index (χ3v) is 6.22. The fraction of sp³-hybridized carbons (Fsp3) is 0.348. The van der Waals surface area contributed by atoms with E-state index < -0.39 is 29.6 Å². The normalized spacial score (nSPS) is 14.7. The van der Waals surface area contributed by atoms with Gasteiger partial charge in [-0.3, -0.25) is 14.5 Å². The summed E-state index contributed by atoms with van der Waals surface area (Å²) in [5.74, 6) is -0.937. The van der Waals surface area contributed by atoms with Crippen LogP contribution in [0.25, 0.3) is 11.1 Å². The maximum atomic E-state index is 13.8. The van der Waals surface area contributed by atoms with Crippen molar-refractivity contribution in [2.45, 2.75) is 30.4 Å². The summed E-state index contributed by atoms with van der Waals surface area (Å²) in [4.78, 5) is 17.3. The summed E-state index contributed by atoms with van der Waals surface area (Å²) in [6.45, 7) is 0. The van der Waals surface area contributed by atoms with Crippen molar-refractivity contribution in [1.29, 1.82) is 0 Å². The van der Waals surface area contributed by atoms with Crippen LogP contribution < -0.4 is 10.1 Å². The molecule has 6 nitrogen and oxygen atoms in total. The Morgan fingerprint density at radius 3 is 2.65 bits per heavy atom. The maximum absolute atomic E-state index is 13.8. The number of aryl methyl sites for hydroxylation is 1. The van der Waals surface area contributed by atoms with E-state index in [4.69, 9.17) is 4.74 Å². The molecule has 0 spiro atoms. The maximum Gasteiger partial charge on any atom is 0.435 e. The molecule has 0 saturated heterocycles. The van der Waals surface area contributed by atoms with E-state index in [1.165, 1.54) is 32.5 Å². The lowest BCUT2D eigenvalue weighted by molar-refractivity contribution is -0.140. The molecule has 1 atom stereocenters. The number of alkyl halides is 4. The third-order valence-electron chi connectivity index (χ3n) is 5.58. The lowest BCUT2D eigenvalue weighted by atomic mass is 9.99. The minimum Gasteiger partial charge on any atom is -0.494 e. The van der Waals surface area contributed by atoms with E-state index in [2.05, 4.69) is 31.3 Å². The quantitative estimate of drug-likeness (QED) is 0.320. The van der Waals surface area contributed by atoms with Crippen LogP contribution in [-0.2, 0) is 18.6 Å². The summed E-state index contributed by atoms with van der Waals surface area (Å²) < 4.78 is 60.5. The number of nitrogens with one attached hydrogen (secondary N) is 1. The summed E-state index contributed by atoms with van der Waals surface area (Å²) in [6.07, 6.45) is -0.596. The number of benzene rings is 1. The number of carbonyl (C=O) groups excluding carboxylic acids is 1. The molecule has 2 aromatic heterocycles. The molecular weight excluding hydrogens is 520 g/mol. The van der Waals surface area contributed by atoms with Gasteiger partial charge in [0.25, 0.3) is 5.91 Å². The van der Waals surface area contributed by atoms with Gasteiger partial charge in [0.05, 0.1) is 25.0 Å². The van der Waals surface area contributed by atoms with Gasteiger partial charge in [0.2, 0.25) is 0 Å². The molecule has 1 aliphatic carbocycles. The molecule has 1 fully saturated rings. The Labute approximate surface area is 201 Å². The monoisotopic (exact) mass is 540 g/mol. The van der Waals surface area contributed by atoms with Crippen LogP contribution in [-0.4, -0.2) is 27.8 Å². The second kappa shape index (κ2) is 9.36. The summed E-state index contributed by atoms with van der Waals surface area (Å²) in [5, 5.41) is 6.82. The molecular formula is C23H21BrF4N4O2. The highest BCUT2D eigenvalue weighted by Crippen LogP contribution is 2.42. The fourth-order valence-corrected chi connectivity index (χ4v) is 4.14. The van der Waals surface area contributed by atoms with Crippen molar-refractivity contribution < 1.29 is 27.1 Å². The number of hydrogen-bond acceptors (Lipinski definition) is 4. The molecule has 1 N–H and O–H groups in total. The Morgan fingerprint density at radius 1 is 1.29 bits per heavy atom. The van der Waals surface area contributed by atoms with Crippen molar-refractivity contribution in [2.24, 2.45) is 13.0 Å². The molecule has 3 aromatic rings. The molecule has 0 radical (unpaired) electrons. The van der Waals surface area contributed by atoms with Crippen molar-refractivity contribution in [3.63, 3.8) is 0 Å². The lowest BCUT2D eigenvalue weighted by Gasteiger charge is -2.19. The van der Waals surface area contributed by atoms with Gasteiger partial charge < -0.3 is 10.1 Å². The largest absolute Gasteiger partial charge is 0.494 e. The van der Waals surface area contributed by atoms with E-state index in [-0.39, 0.29) is 28.4 Å². The number of rotatable bonds is 7. The van der Waals surface area contributed by atoms with Crippen LogP contribution >= 0.6 is 15.9 Å². The zero-order chi connectivity index (χ0) is 24.6. The Bertz CT molecular complexity index is 1220. The van der Waals surface area contributed by atoms with E-state index in [1.807, 2.05) is 0 Å². The molecule has 0 aliphatic heterocycles. The number of halogens is 5. The minimum absolute atomic E-state index is 0.0183. The number of hydrogen-bond donors (Lipinski definition) is 1. The number of pyridine rings is 1. The Hall–Kier alpha value is -2.95. The van der Waals surface area contributed by atoms with Gasteiger partial charge in [-0.2, -0.15) is 18.3 Å². The number of aromatic nitrogens is 3. The zero-order valence-corrected chi connectivity index (χ0v) is 19.9. The van der Waals surface area contributed by atoms with Crippen LogP contribution in [0, 0.1) is 11.7 Å². The number of amides is 1. The van der Waals surface area contributed by atoms with Gasteiger partial charge in [-0.25, -0.2) is 4.39 Å². The molecule has 34 heavy (non-hydrogen) atoms. The van der Waals surface area contributed by atoms with Crippen LogP contribution in [0.2, 0.25) is 0 Å². The summed E-state index contributed by atoms with van der Waals surface area (Å²) >= 11 is 3.32. The van der Waals surface area contributed by atoms with E-state index >= 15 is 0 Å². The van der Waals surface area contributed by atoms with Crippen LogP contribution in [0.5, 0.6) is 5.75 Å². The SMILES string of the molecule is COc1cc([C@@H](NC(=O)c2cc(CBr)cc(-c3cn(C)nc3C(F)(F)F)c2)C2CC2)ncc1F. The summed E-state index contributed by atoms with van der Waals surface area (Å²) in [6, 6.07) is 5.57. The Kier molecular flexibility index (Phi) is 6.66. The van der Waals surface area contributed by atoms with Gasteiger partial charge in [-0.05, 0) is 42.0 Å². The molecule has 0 unspecified atom stereocenters. The van der Waals surface area contributed by atoms with Gasteiger partial charge in [0.1, 0.15) is 0 Å². The highest BCUT2D eigenvalue weighted by molar-refractivity contribution is 9.08. The first-order valence-electron chi connectivity index (χ1n) is 10.4. The second-order valence-corrected chi connectivity index (χ2v) is 8.71. The van der Waals surface area contributed by atoms with Crippen molar-refractivity contribution in [2.75, 3.05) is 7.11 Å². The molecule has 1 aromatic carbocycles. The average Bonchev–Trinajstić information content (AvgIpc) is 3.56. The predicted molar refractivity (Wildman–Crippen MR) is 120 cm³/mol. The second-order valence-electron chi connectivity index (χ2n) is 8.15. The zero-order valence-electron chi connectivity index (χ0n) is 18.3. The van der Waals surface area contributed by atoms with Crippen molar-refractivity contribution in [1.82, 2.24) is 20.1 Å². The number of ether oxygens (including phenoxy) is 1. The Morgan fingerprint density at radius 2 is 2.03 bits per heavy atom. The standard InChI is InChI=1S/C23H21BrF4N4O2/c1-32-11-16(21(31-32)23(26,27)28)14-5-12(9-24)6-15(7-14)22(33)30-20(13-3-4-13)18-8-19(34-2)17(25)10-29-18/h5-8,10-11,13,20H,3-4,9H2,1-2H3,(H,30,33)/t20-/m0/s1. The topological polar surface area (TPSA) is 69.0 Å². The van der Waals surface area contributed by atoms with Gasteiger partial charge >= 0.3 is 6.18 Å². The lowest BCUT2D eigenvalue weighted by Crippen LogP contribution is -2.30. The summed E-state index contributed by atoms with van der Waals surface area (Å²) in [7, 11) is 2.75. The first kappa shape index (κ1) is 24.2. The van der Waals surface area contributed by atoms with Crippen LogP contribution in [0.3, 0.4) is 0 Å². The van der Waals surface area contributed by atoms with Gasteiger partial charge in [0.15, 0.2) is 17.3 Å². The molecule has 180 valence electrons. The molecule has 1 saturated carbocycles. The molecule has 2 heterocycles. The number of methoxy groups -OCH3 is 1. The van der Waals surface area contributed by atoms with Gasteiger partial charge in [-0.15, -0.1) is 0 Å². The first-order valence-corrected chi connectivity index (χ1v) is 11.5. The smallest absolute Gasteiger partial charge is 0.435 e. The van der Waals surface area contributed by atoms with Crippen LogP contribution in [0.4, 0.5) is 17.6 Å². The Balaban J connectivity index is 1.69. The number of carbonyl (C=O) groups is 1. The summed E-state index contributed by atoms with van der Waals surface area (Å²) in [5.41, 5.74) is 0.375. The van der Waals surface area contributed by atoms with Crippen molar-refractivity contribution >= 4 is 21.8 Å². The van der Waals surface area contributed by atoms with E-state index in [9.17, 15) is 22.4 Å². The van der Waals surface area contributed by atoms with E-state index in [1.54, 1.807) is 12.1 Å². The van der Waals surface area contributed by atoms with Gasteiger partial charge in [0, 0.05) is 35.8 Å². The molecule has 1 amide bonds. The fourth-order valence-electron chi connectivity index (χ4n) is 3.81. The van der Waals surface area contributed by atoms with Crippen LogP contribution in [0.15, 0.2) is 36.7 Å². The third kappa shape index (κ3) is 5.08. The average molecular weight is 541 g/mol. The van der Waals surface area contributed by atoms with Crippen molar-refractivity contribution in [3.05, 3.63) is 65.0 Å². The predicted octanol–water partition coefficient (Wildman–Crippen LogP) is 5.42. The molecule has 1 aliphatic rings.